The third kappa shape index (κ3) is 4.66. The van der Waals surface area contributed by atoms with Gasteiger partial charge in [-0.05, 0) is 69.2 Å². The molecule has 0 unspecified atom stereocenters. The summed E-state index contributed by atoms with van der Waals surface area (Å²) in [5.74, 6) is -1.54. The summed E-state index contributed by atoms with van der Waals surface area (Å²) >= 11 is 3.40. The van der Waals surface area contributed by atoms with Crippen molar-refractivity contribution in [1.29, 1.82) is 0 Å². The molecule has 3 aromatic rings. The predicted molar refractivity (Wildman–Crippen MR) is 134 cm³/mol. The second-order valence-corrected chi connectivity index (χ2v) is 9.68. The number of benzene rings is 3. The van der Waals surface area contributed by atoms with Crippen molar-refractivity contribution in [3.63, 3.8) is 0 Å². The van der Waals surface area contributed by atoms with Gasteiger partial charge in [0.05, 0.1) is 11.6 Å². The van der Waals surface area contributed by atoms with Crippen LogP contribution < -0.4 is 10.6 Å². The molecule has 0 aromatic heterocycles. The Balaban J connectivity index is 1.19. The van der Waals surface area contributed by atoms with Crippen LogP contribution in [0.1, 0.15) is 40.2 Å². The van der Waals surface area contributed by atoms with E-state index in [4.69, 9.17) is 9.84 Å². The standard InChI is InChI=1S/C27H23BrN2O5/c28-23-13-15(25(31)29-17-11-16(12-17)26(32)33)9-10-24(23)30-27(34)35-14-22-20-7-3-1-5-18(20)19-6-2-4-8-21(19)22/h1-10,13,16-17,22H,11-12,14H2,(H,29,31)(H,30,34)(H,32,33). The molecule has 2 aliphatic carbocycles. The van der Waals surface area contributed by atoms with E-state index in [1.807, 2.05) is 24.3 Å². The number of amides is 2. The molecule has 0 atom stereocenters. The Hall–Kier alpha value is -3.65. The number of carboxylic acids is 1. The van der Waals surface area contributed by atoms with Crippen molar-refractivity contribution in [1.82, 2.24) is 5.32 Å². The lowest BCUT2D eigenvalue weighted by molar-refractivity contribution is -0.145. The van der Waals surface area contributed by atoms with Gasteiger partial charge in [-0.1, -0.05) is 48.5 Å². The molecule has 2 aliphatic rings. The summed E-state index contributed by atoms with van der Waals surface area (Å²) in [4.78, 5) is 35.9. The number of carbonyl (C=O) groups excluding carboxylic acids is 2. The van der Waals surface area contributed by atoms with Crippen LogP contribution in [0.4, 0.5) is 10.5 Å². The van der Waals surface area contributed by atoms with Crippen LogP contribution >= 0.6 is 15.9 Å². The molecular formula is C27H23BrN2O5. The van der Waals surface area contributed by atoms with Crippen molar-refractivity contribution in [3.05, 3.63) is 87.9 Å². The molecule has 3 N–H and O–H groups in total. The molecule has 0 radical (unpaired) electrons. The number of hydrogen-bond donors (Lipinski definition) is 3. The molecule has 0 aliphatic heterocycles. The Labute approximate surface area is 210 Å². The number of nitrogens with one attached hydrogen (secondary N) is 2. The SMILES string of the molecule is O=C(Nc1ccc(C(=O)NC2CC(C(=O)O)C2)cc1Br)OCC1c2ccccc2-c2ccccc21. The number of anilines is 1. The van der Waals surface area contributed by atoms with E-state index in [0.717, 1.165) is 22.3 Å². The maximum absolute atomic E-state index is 12.6. The molecule has 3 aromatic carbocycles. The van der Waals surface area contributed by atoms with Crippen molar-refractivity contribution in [2.75, 3.05) is 11.9 Å². The third-order valence-corrected chi connectivity index (χ3v) is 7.29. The van der Waals surface area contributed by atoms with E-state index in [9.17, 15) is 14.4 Å². The lowest BCUT2D eigenvalue weighted by Gasteiger charge is -2.32. The van der Waals surface area contributed by atoms with E-state index in [0.29, 0.717) is 28.6 Å². The zero-order valence-corrected chi connectivity index (χ0v) is 20.2. The molecule has 7 nitrogen and oxygen atoms in total. The Morgan fingerprint density at radius 1 is 0.943 bits per heavy atom. The number of halogens is 1. The summed E-state index contributed by atoms with van der Waals surface area (Å²) in [6.07, 6.45) is 0.284. The summed E-state index contributed by atoms with van der Waals surface area (Å²) in [5, 5.41) is 14.5. The average molecular weight is 535 g/mol. The van der Waals surface area contributed by atoms with Gasteiger partial charge >= 0.3 is 12.1 Å². The molecule has 0 spiro atoms. The zero-order valence-electron chi connectivity index (χ0n) is 18.7. The molecule has 5 rings (SSSR count). The van der Waals surface area contributed by atoms with Gasteiger partial charge in [-0.25, -0.2) is 4.79 Å². The summed E-state index contributed by atoms with van der Waals surface area (Å²) in [5.41, 5.74) is 5.49. The van der Waals surface area contributed by atoms with Gasteiger partial charge < -0.3 is 15.2 Å². The second kappa shape index (κ2) is 9.54. The quantitative estimate of drug-likeness (QED) is 0.392. The number of hydrogen-bond acceptors (Lipinski definition) is 4. The van der Waals surface area contributed by atoms with Gasteiger partial charge in [0.25, 0.3) is 5.91 Å². The van der Waals surface area contributed by atoms with Gasteiger partial charge in [-0.2, -0.15) is 0 Å². The smallest absolute Gasteiger partial charge is 0.411 e. The van der Waals surface area contributed by atoms with Crippen LogP contribution in [0.2, 0.25) is 0 Å². The highest BCUT2D eigenvalue weighted by atomic mass is 79.9. The number of carboxylic acid groups (broad SMARTS) is 1. The number of carbonyl (C=O) groups is 3. The number of aliphatic carboxylic acids is 1. The first-order valence-electron chi connectivity index (χ1n) is 11.4. The molecule has 0 saturated heterocycles. The van der Waals surface area contributed by atoms with E-state index >= 15 is 0 Å². The summed E-state index contributed by atoms with van der Waals surface area (Å²) < 4.78 is 6.12. The van der Waals surface area contributed by atoms with Crippen molar-refractivity contribution >= 4 is 39.6 Å². The molecule has 1 saturated carbocycles. The van der Waals surface area contributed by atoms with Crippen LogP contribution in [-0.4, -0.2) is 35.7 Å². The minimum absolute atomic E-state index is 0.0325. The number of fused-ring (bicyclic) bond motifs is 3. The molecule has 2 amide bonds. The van der Waals surface area contributed by atoms with Crippen molar-refractivity contribution < 1.29 is 24.2 Å². The molecule has 0 bridgehead atoms. The van der Waals surface area contributed by atoms with Crippen molar-refractivity contribution in [3.8, 4) is 11.1 Å². The van der Waals surface area contributed by atoms with Crippen LogP contribution in [-0.2, 0) is 9.53 Å². The van der Waals surface area contributed by atoms with Gasteiger partial charge in [0.15, 0.2) is 0 Å². The van der Waals surface area contributed by atoms with Gasteiger partial charge in [-0.3, -0.25) is 14.9 Å². The highest BCUT2D eigenvalue weighted by Crippen LogP contribution is 2.44. The number of rotatable bonds is 6. The normalized spacial score (nSPS) is 18.1. The van der Waals surface area contributed by atoms with E-state index in [2.05, 4.69) is 50.8 Å². The maximum atomic E-state index is 12.6. The lowest BCUT2D eigenvalue weighted by atomic mass is 9.80. The minimum Gasteiger partial charge on any atom is -0.481 e. The monoisotopic (exact) mass is 534 g/mol. The third-order valence-electron chi connectivity index (χ3n) is 6.63. The molecule has 0 heterocycles. The van der Waals surface area contributed by atoms with Gasteiger partial charge in [0.1, 0.15) is 6.61 Å². The molecular weight excluding hydrogens is 512 g/mol. The van der Waals surface area contributed by atoms with Crippen LogP contribution in [0.3, 0.4) is 0 Å². The van der Waals surface area contributed by atoms with E-state index < -0.39 is 18.0 Å². The second-order valence-electron chi connectivity index (χ2n) is 8.82. The zero-order chi connectivity index (χ0) is 24.5. The van der Waals surface area contributed by atoms with Crippen molar-refractivity contribution in [2.45, 2.75) is 24.8 Å². The lowest BCUT2D eigenvalue weighted by Crippen LogP contribution is -2.46. The first-order valence-corrected chi connectivity index (χ1v) is 12.1. The summed E-state index contributed by atoms with van der Waals surface area (Å²) in [6.45, 7) is 0.205. The Bertz CT molecular complexity index is 1270. The summed E-state index contributed by atoms with van der Waals surface area (Å²) in [7, 11) is 0. The van der Waals surface area contributed by atoms with Crippen molar-refractivity contribution in [2.24, 2.45) is 5.92 Å². The first-order chi connectivity index (χ1) is 16.9. The average Bonchev–Trinajstić information content (AvgIpc) is 3.14. The Morgan fingerprint density at radius 3 is 2.17 bits per heavy atom. The van der Waals surface area contributed by atoms with Gasteiger partial charge in [0, 0.05) is 22.0 Å². The molecule has 8 heteroatoms. The van der Waals surface area contributed by atoms with E-state index in [-0.39, 0.29) is 24.5 Å². The first kappa shape index (κ1) is 23.1. The fourth-order valence-electron chi connectivity index (χ4n) is 4.71. The maximum Gasteiger partial charge on any atom is 0.411 e. The van der Waals surface area contributed by atoms with Crippen LogP contribution in [0.5, 0.6) is 0 Å². The Morgan fingerprint density at radius 2 is 1.57 bits per heavy atom. The summed E-state index contributed by atoms with van der Waals surface area (Å²) in [6, 6.07) is 21.0. The van der Waals surface area contributed by atoms with E-state index in [1.165, 1.54) is 0 Å². The van der Waals surface area contributed by atoms with Gasteiger partial charge in [-0.15, -0.1) is 0 Å². The van der Waals surface area contributed by atoms with Crippen LogP contribution in [0, 0.1) is 5.92 Å². The van der Waals surface area contributed by atoms with E-state index in [1.54, 1.807) is 18.2 Å². The fourth-order valence-corrected chi connectivity index (χ4v) is 5.19. The number of ether oxygens (including phenoxy) is 1. The van der Waals surface area contributed by atoms with Gasteiger partial charge in [0.2, 0.25) is 0 Å². The predicted octanol–water partition coefficient (Wildman–Crippen LogP) is 5.40. The van der Waals surface area contributed by atoms with Crippen LogP contribution in [0.25, 0.3) is 11.1 Å². The highest BCUT2D eigenvalue weighted by Gasteiger charge is 2.35. The largest absolute Gasteiger partial charge is 0.481 e. The topological polar surface area (TPSA) is 105 Å². The fraction of sp³-hybridized carbons (Fsp3) is 0.222. The molecule has 178 valence electrons. The highest BCUT2D eigenvalue weighted by molar-refractivity contribution is 9.10. The molecule has 1 fully saturated rings. The minimum atomic E-state index is -0.832. The van der Waals surface area contributed by atoms with Crippen LogP contribution in [0.15, 0.2) is 71.2 Å². The molecule has 35 heavy (non-hydrogen) atoms. The Kier molecular flexibility index (Phi) is 6.30.